The zero-order valence-corrected chi connectivity index (χ0v) is 27.8. The van der Waals surface area contributed by atoms with Crippen LogP contribution in [-0.4, -0.2) is 24.5 Å². The second-order valence-corrected chi connectivity index (χ2v) is 13.1. The number of nitrogens with zero attached hydrogens (tertiary/aromatic N) is 5. The molecular formula is C44H29N5S. The lowest BCUT2D eigenvalue weighted by Crippen LogP contribution is -2.03. The molecule has 0 aliphatic heterocycles. The van der Waals surface area contributed by atoms with Crippen LogP contribution in [0.3, 0.4) is 0 Å². The summed E-state index contributed by atoms with van der Waals surface area (Å²) in [5.74, 6) is 1.69. The molecule has 0 amide bonds. The Morgan fingerprint density at radius 3 is 2.04 bits per heavy atom. The number of hydrogen-bond acceptors (Lipinski definition) is 5. The topological polar surface area (TPSA) is 56.5 Å². The molecule has 0 unspecified atom stereocenters. The maximum atomic E-state index is 5.08. The second-order valence-electron chi connectivity index (χ2n) is 12.0. The molecule has 5 aromatic carbocycles. The van der Waals surface area contributed by atoms with Crippen LogP contribution in [0.2, 0.25) is 0 Å². The molecule has 6 heteroatoms. The largest absolute Gasteiger partial charge is 0.308 e. The molecule has 9 aromatic rings. The van der Waals surface area contributed by atoms with E-state index in [-0.39, 0.29) is 0 Å². The Balaban J connectivity index is 1.38. The molecule has 4 heterocycles. The molecule has 236 valence electrons. The Morgan fingerprint density at radius 2 is 1.28 bits per heavy atom. The Labute approximate surface area is 292 Å². The van der Waals surface area contributed by atoms with Crippen molar-refractivity contribution in [1.82, 2.24) is 24.5 Å². The number of allylic oxidation sites excluding steroid dienone is 4. The minimum atomic E-state index is 0.533. The molecule has 0 N–H and O–H groups in total. The summed E-state index contributed by atoms with van der Waals surface area (Å²) in [4.78, 5) is 20.0. The maximum absolute atomic E-state index is 5.08. The van der Waals surface area contributed by atoms with Crippen LogP contribution in [0.5, 0.6) is 0 Å². The summed E-state index contributed by atoms with van der Waals surface area (Å²) in [5, 5.41) is 3.44. The molecule has 0 saturated carbocycles. The third kappa shape index (κ3) is 4.93. The fourth-order valence-corrected chi connectivity index (χ4v) is 7.91. The van der Waals surface area contributed by atoms with Gasteiger partial charge in [-0.2, -0.15) is 0 Å². The summed E-state index contributed by atoms with van der Waals surface area (Å²) in [5.41, 5.74) is 8.96. The van der Waals surface area contributed by atoms with E-state index in [0.29, 0.717) is 17.5 Å². The van der Waals surface area contributed by atoms with E-state index >= 15 is 0 Å². The molecule has 0 bridgehead atoms. The predicted molar refractivity (Wildman–Crippen MR) is 210 cm³/mol. The van der Waals surface area contributed by atoms with Crippen molar-refractivity contribution < 1.29 is 0 Å². The van der Waals surface area contributed by atoms with Gasteiger partial charge in [-0.1, -0.05) is 128 Å². The predicted octanol–water partition coefficient (Wildman–Crippen LogP) is 11.5. The minimum absolute atomic E-state index is 0.533. The fraction of sp³-hybridized carbons (Fsp3) is 0. The summed E-state index contributed by atoms with van der Waals surface area (Å²) in [6.07, 6.45) is 7.38. The molecule has 5 nitrogen and oxygen atoms in total. The molecule has 50 heavy (non-hydrogen) atoms. The second kappa shape index (κ2) is 12.2. The van der Waals surface area contributed by atoms with Crippen molar-refractivity contribution in [2.75, 3.05) is 0 Å². The lowest BCUT2D eigenvalue weighted by atomic mass is 10.0. The van der Waals surface area contributed by atoms with Gasteiger partial charge in [0, 0.05) is 49.4 Å². The third-order valence-electron chi connectivity index (χ3n) is 9.01. The van der Waals surface area contributed by atoms with E-state index in [1.165, 1.54) is 10.1 Å². The lowest BCUT2D eigenvalue weighted by molar-refractivity contribution is 1.04. The number of para-hydroxylation sites is 1. The van der Waals surface area contributed by atoms with E-state index < -0.39 is 0 Å². The quantitative estimate of drug-likeness (QED) is 0.160. The van der Waals surface area contributed by atoms with Gasteiger partial charge in [-0.05, 0) is 41.5 Å². The van der Waals surface area contributed by atoms with Gasteiger partial charge in [0.25, 0.3) is 0 Å². The van der Waals surface area contributed by atoms with Crippen LogP contribution in [0.4, 0.5) is 0 Å². The van der Waals surface area contributed by atoms with E-state index in [1.807, 2.05) is 48.7 Å². The van der Waals surface area contributed by atoms with Gasteiger partial charge in [-0.25, -0.2) is 15.0 Å². The van der Waals surface area contributed by atoms with Crippen molar-refractivity contribution in [1.29, 1.82) is 0 Å². The number of benzene rings is 5. The van der Waals surface area contributed by atoms with Crippen molar-refractivity contribution in [3.05, 3.63) is 171 Å². The van der Waals surface area contributed by atoms with Crippen molar-refractivity contribution >= 4 is 59.0 Å². The van der Waals surface area contributed by atoms with E-state index in [9.17, 15) is 0 Å². The first-order valence-corrected chi connectivity index (χ1v) is 17.2. The van der Waals surface area contributed by atoms with Crippen molar-refractivity contribution in [2.45, 2.75) is 0 Å². The summed E-state index contributed by atoms with van der Waals surface area (Å²) < 4.78 is 4.76. The van der Waals surface area contributed by atoms with Gasteiger partial charge in [0.15, 0.2) is 17.5 Å². The maximum Gasteiger partial charge on any atom is 0.164 e. The highest BCUT2D eigenvalue weighted by molar-refractivity contribution is 7.26. The van der Waals surface area contributed by atoms with Gasteiger partial charge >= 0.3 is 0 Å². The zero-order chi connectivity index (χ0) is 33.6. The van der Waals surface area contributed by atoms with Crippen LogP contribution in [-0.2, 0) is 0 Å². The van der Waals surface area contributed by atoms with Crippen LogP contribution in [0, 0.1) is 0 Å². The van der Waals surface area contributed by atoms with Crippen LogP contribution >= 0.6 is 11.3 Å². The Kier molecular flexibility index (Phi) is 7.22. The highest BCUT2D eigenvalue weighted by atomic mass is 32.1. The molecule has 4 aromatic heterocycles. The van der Waals surface area contributed by atoms with Crippen LogP contribution < -0.4 is 0 Å². The highest BCUT2D eigenvalue weighted by Crippen LogP contribution is 2.42. The molecular weight excluding hydrogens is 631 g/mol. The standard InChI is InChI=1S/C44H29N5S/c1-3-15-28(4-2)42-46-43(30-18-9-6-10-19-30)48-44(47-42)32-24-31(29-16-7-5-8-17-29)25-33(26-32)49-37-22-13-11-20-34(37)36-27-45-39-35-21-12-14-23-38(35)50-41(39)40(36)49/h3-27H,1-2H2/b28-15+. The monoisotopic (exact) mass is 659 g/mol. The van der Waals surface area contributed by atoms with E-state index in [0.717, 1.165) is 65.5 Å². The van der Waals surface area contributed by atoms with E-state index in [4.69, 9.17) is 19.9 Å². The smallest absolute Gasteiger partial charge is 0.164 e. The number of aromatic nitrogens is 5. The highest BCUT2D eigenvalue weighted by Gasteiger charge is 2.21. The van der Waals surface area contributed by atoms with Gasteiger partial charge in [-0.3, -0.25) is 4.98 Å². The summed E-state index contributed by atoms with van der Waals surface area (Å²) in [7, 11) is 0. The van der Waals surface area contributed by atoms with Gasteiger partial charge < -0.3 is 4.57 Å². The summed E-state index contributed by atoms with van der Waals surface area (Å²) in [6, 6.07) is 44.2. The lowest BCUT2D eigenvalue weighted by Gasteiger charge is -2.14. The van der Waals surface area contributed by atoms with Crippen LogP contribution in [0.1, 0.15) is 5.82 Å². The van der Waals surface area contributed by atoms with Crippen LogP contribution in [0.25, 0.3) is 87.3 Å². The minimum Gasteiger partial charge on any atom is -0.308 e. The average Bonchev–Trinajstić information content (AvgIpc) is 3.73. The van der Waals surface area contributed by atoms with Gasteiger partial charge in [0.05, 0.1) is 21.3 Å². The summed E-state index contributed by atoms with van der Waals surface area (Å²) in [6.45, 7) is 7.94. The molecule has 9 rings (SSSR count). The first-order chi connectivity index (χ1) is 24.7. The van der Waals surface area contributed by atoms with Crippen molar-refractivity contribution in [3.8, 4) is 39.6 Å². The molecule has 0 fully saturated rings. The molecule has 0 aliphatic carbocycles. The van der Waals surface area contributed by atoms with Crippen molar-refractivity contribution in [2.24, 2.45) is 0 Å². The Morgan fingerprint density at radius 1 is 0.620 bits per heavy atom. The third-order valence-corrected chi connectivity index (χ3v) is 10.2. The molecule has 0 atom stereocenters. The first kappa shape index (κ1) is 29.6. The molecule has 0 saturated heterocycles. The number of thiophene rings is 1. The number of hydrogen-bond donors (Lipinski definition) is 0. The average molecular weight is 660 g/mol. The Bertz CT molecular complexity index is 2790. The molecule has 0 radical (unpaired) electrons. The van der Waals surface area contributed by atoms with Crippen molar-refractivity contribution in [3.63, 3.8) is 0 Å². The SMILES string of the molecule is C=C/C=C(\C=C)c1nc(-c2ccccc2)nc(-c2cc(-c3ccccc3)cc(-n3c4ccccc4c4cnc5c6ccccc6sc5c43)c2)n1. The van der Waals surface area contributed by atoms with Gasteiger partial charge in [-0.15, -0.1) is 11.3 Å². The first-order valence-electron chi connectivity index (χ1n) is 16.4. The fourth-order valence-electron chi connectivity index (χ4n) is 6.72. The number of fused-ring (bicyclic) bond motifs is 7. The number of rotatable bonds is 7. The Hall–Kier alpha value is -6.50. The van der Waals surface area contributed by atoms with Gasteiger partial charge in [0.1, 0.15) is 0 Å². The van der Waals surface area contributed by atoms with Gasteiger partial charge in [0.2, 0.25) is 0 Å². The van der Waals surface area contributed by atoms with Crippen LogP contribution in [0.15, 0.2) is 165 Å². The molecule has 0 spiro atoms. The zero-order valence-electron chi connectivity index (χ0n) is 27.0. The normalized spacial score (nSPS) is 11.9. The van der Waals surface area contributed by atoms with E-state index in [1.54, 1.807) is 23.5 Å². The molecule has 0 aliphatic rings. The summed E-state index contributed by atoms with van der Waals surface area (Å²) >= 11 is 1.79. The number of pyridine rings is 1. The van der Waals surface area contributed by atoms with E-state index in [2.05, 4.69) is 109 Å².